The first kappa shape index (κ1) is 23.8. The minimum Gasteiger partial charge on any atom is -0.508 e. The molecule has 0 aliphatic heterocycles. The van der Waals surface area contributed by atoms with Crippen LogP contribution in [0.2, 0.25) is 0 Å². The second-order valence-corrected chi connectivity index (χ2v) is 8.52. The van der Waals surface area contributed by atoms with Crippen molar-refractivity contribution < 1.29 is 29.0 Å². The van der Waals surface area contributed by atoms with E-state index in [2.05, 4.69) is 0 Å². The zero-order chi connectivity index (χ0) is 25.9. The monoisotopic (exact) mass is 490 g/mol. The molecule has 0 saturated heterocycles. The van der Waals surface area contributed by atoms with E-state index in [0.717, 1.165) is 21.5 Å². The smallest absolute Gasteiger partial charge is 0.343 e. The first-order chi connectivity index (χ1) is 17.9. The van der Waals surface area contributed by atoms with Crippen LogP contribution in [0.4, 0.5) is 0 Å². The number of hydrogen-bond acceptors (Lipinski definition) is 6. The number of phenols is 1. The zero-order valence-electron chi connectivity index (χ0n) is 19.9. The molecule has 0 spiro atoms. The number of carbonyl (C=O) groups is 3. The van der Waals surface area contributed by atoms with Crippen LogP contribution in [0.15, 0.2) is 97.1 Å². The number of phenolic OH excluding ortho intramolecular Hbond substituents is 1. The Hall–Kier alpha value is -4.97. The topological polar surface area (TPSA) is 89.9 Å². The second kappa shape index (κ2) is 9.95. The summed E-state index contributed by atoms with van der Waals surface area (Å²) in [6, 6.07) is 27.1. The molecule has 0 aromatic heterocycles. The average molecular weight is 491 g/mol. The van der Waals surface area contributed by atoms with Gasteiger partial charge in [0.15, 0.2) is 5.78 Å². The van der Waals surface area contributed by atoms with Gasteiger partial charge in [-0.3, -0.25) is 4.79 Å². The Labute approximate surface area is 212 Å². The summed E-state index contributed by atoms with van der Waals surface area (Å²) in [4.78, 5) is 38.3. The number of ether oxygens (including phenoxy) is 2. The van der Waals surface area contributed by atoms with Gasteiger partial charge in [-0.25, -0.2) is 9.59 Å². The first-order valence-corrected chi connectivity index (χ1v) is 11.7. The van der Waals surface area contributed by atoms with Crippen molar-refractivity contribution in [3.05, 3.63) is 114 Å². The molecule has 0 aliphatic rings. The lowest BCUT2D eigenvalue weighted by Crippen LogP contribution is -2.13. The lowest BCUT2D eigenvalue weighted by Gasteiger charge is -2.12. The highest BCUT2D eigenvalue weighted by Crippen LogP contribution is 2.28. The van der Waals surface area contributed by atoms with E-state index >= 15 is 0 Å². The van der Waals surface area contributed by atoms with Crippen molar-refractivity contribution in [2.24, 2.45) is 0 Å². The van der Waals surface area contributed by atoms with Gasteiger partial charge in [0.1, 0.15) is 17.2 Å². The van der Waals surface area contributed by atoms with E-state index < -0.39 is 11.9 Å². The molecule has 0 amide bonds. The predicted octanol–water partition coefficient (Wildman–Crippen LogP) is 6.73. The second-order valence-electron chi connectivity index (χ2n) is 8.52. The fraction of sp³-hybridized carbons (Fsp3) is 0.0645. The van der Waals surface area contributed by atoms with Crippen LogP contribution in [0.5, 0.6) is 17.2 Å². The summed E-state index contributed by atoms with van der Waals surface area (Å²) in [6.45, 7) is 1.69. The molecule has 0 bridgehead atoms. The predicted molar refractivity (Wildman–Crippen MR) is 141 cm³/mol. The third kappa shape index (κ3) is 5.04. The molecule has 5 rings (SSSR count). The molecule has 182 valence electrons. The van der Waals surface area contributed by atoms with Gasteiger partial charge >= 0.3 is 11.9 Å². The molecule has 0 heterocycles. The van der Waals surface area contributed by atoms with Crippen LogP contribution >= 0.6 is 0 Å². The summed E-state index contributed by atoms with van der Waals surface area (Å²) in [7, 11) is 0. The molecule has 5 aromatic carbocycles. The van der Waals surface area contributed by atoms with Gasteiger partial charge in [-0.05, 0) is 76.1 Å². The maximum Gasteiger partial charge on any atom is 0.343 e. The lowest BCUT2D eigenvalue weighted by molar-refractivity contribution is 0.0716. The van der Waals surface area contributed by atoms with Gasteiger partial charge in [0.2, 0.25) is 0 Å². The van der Waals surface area contributed by atoms with E-state index in [1.807, 2.05) is 30.3 Å². The standard InChI is InChI=1S/C31H22O6/c1-2-28(33)27-18-26(36-30(34)23-9-7-19-5-3-4-6-20(19)15-23)13-14-29(27)37-31(35)24-10-8-22-17-25(32)12-11-21(22)16-24/h3-18,32H,2H2,1H3. The van der Waals surface area contributed by atoms with Crippen LogP contribution in [-0.4, -0.2) is 22.8 Å². The van der Waals surface area contributed by atoms with Gasteiger partial charge in [0.25, 0.3) is 0 Å². The van der Waals surface area contributed by atoms with Crippen molar-refractivity contribution in [1.29, 1.82) is 0 Å². The molecule has 0 fully saturated rings. The van der Waals surface area contributed by atoms with E-state index in [1.165, 1.54) is 24.3 Å². The molecule has 0 atom stereocenters. The summed E-state index contributed by atoms with van der Waals surface area (Å²) in [5.74, 6) is -1.09. The Balaban J connectivity index is 1.39. The lowest BCUT2D eigenvalue weighted by atomic mass is 10.1. The molecule has 0 saturated carbocycles. The maximum atomic E-state index is 12.9. The number of esters is 2. The highest BCUT2D eigenvalue weighted by molar-refractivity contribution is 6.02. The van der Waals surface area contributed by atoms with Crippen LogP contribution in [0.1, 0.15) is 44.4 Å². The Morgan fingerprint density at radius 3 is 1.97 bits per heavy atom. The van der Waals surface area contributed by atoms with E-state index in [0.29, 0.717) is 11.1 Å². The SMILES string of the molecule is CCC(=O)c1cc(OC(=O)c2ccc3ccccc3c2)ccc1OC(=O)c1ccc2cc(O)ccc2c1. The molecule has 5 aromatic rings. The van der Waals surface area contributed by atoms with Gasteiger partial charge in [-0.2, -0.15) is 0 Å². The van der Waals surface area contributed by atoms with Crippen molar-refractivity contribution in [2.45, 2.75) is 13.3 Å². The number of ketones is 1. The van der Waals surface area contributed by atoms with E-state index in [4.69, 9.17) is 9.47 Å². The van der Waals surface area contributed by atoms with Crippen molar-refractivity contribution in [3.63, 3.8) is 0 Å². The summed E-state index contributed by atoms with van der Waals surface area (Å²) < 4.78 is 11.1. The minimum atomic E-state index is -0.638. The Morgan fingerprint density at radius 2 is 1.24 bits per heavy atom. The van der Waals surface area contributed by atoms with Gasteiger partial charge in [-0.1, -0.05) is 49.4 Å². The minimum absolute atomic E-state index is 0.0770. The summed E-state index contributed by atoms with van der Waals surface area (Å²) in [5, 5.41) is 13.1. The number of hydrogen-bond donors (Lipinski definition) is 1. The van der Waals surface area contributed by atoms with Crippen LogP contribution < -0.4 is 9.47 Å². The largest absolute Gasteiger partial charge is 0.508 e. The van der Waals surface area contributed by atoms with Crippen molar-refractivity contribution in [1.82, 2.24) is 0 Å². The Bertz CT molecular complexity index is 1680. The number of carbonyl (C=O) groups excluding carboxylic acids is 3. The number of benzene rings is 5. The van der Waals surface area contributed by atoms with Gasteiger partial charge in [0.05, 0.1) is 16.7 Å². The quantitative estimate of drug-likeness (QED) is 0.161. The molecule has 6 heteroatoms. The van der Waals surface area contributed by atoms with Crippen molar-refractivity contribution >= 4 is 39.3 Å². The molecule has 0 unspecified atom stereocenters. The van der Waals surface area contributed by atoms with Gasteiger partial charge in [-0.15, -0.1) is 0 Å². The normalized spacial score (nSPS) is 10.8. The summed E-state index contributed by atoms with van der Waals surface area (Å²) in [5.41, 5.74) is 0.812. The third-order valence-corrected chi connectivity index (χ3v) is 6.03. The number of fused-ring (bicyclic) bond motifs is 2. The molecule has 0 aliphatic carbocycles. The van der Waals surface area contributed by atoms with E-state index in [9.17, 15) is 19.5 Å². The van der Waals surface area contributed by atoms with Gasteiger partial charge < -0.3 is 14.6 Å². The van der Waals surface area contributed by atoms with Crippen LogP contribution in [-0.2, 0) is 0 Å². The molecule has 1 N–H and O–H groups in total. The highest BCUT2D eigenvalue weighted by atomic mass is 16.5. The summed E-state index contributed by atoms with van der Waals surface area (Å²) >= 11 is 0. The number of Topliss-reactive ketones (excluding diaryl/α,β-unsaturated/α-hetero) is 1. The number of rotatable bonds is 6. The molecular weight excluding hydrogens is 468 g/mol. The average Bonchev–Trinajstić information content (AvgIpc) is 2.92. The van der Waals surface area contributed by atoms with Crippen molar-refractivity contribution in [2.75, 3.05) is 0 Å². The Morgan fingerprint density at radius 1 is 0.649 bits per heavy atom. The first-order valence-electron chi connectivity index (χ1n) is 11.7. The fourth-order valence-electron chi connectivity index (χ4n) is 4.07. The number of aromatic hydroxyl groups is 1. The van der Waals surface area contributed by atoms with Crippen LogP contribution in [0.25, 0.3) is 21.5 Å². The summed E-state index contributed by atoms with van der Waals surface area (Å²) in [6.07, 6.45) is 0.173. The molecular formula is C31H22O6. The van der Waals surface area contributed by atoms with E-state index in [1.54, 1.807) is 49.4 Å². The van der Waals surface area contributed by atoms with Crippen LogP contribution in [0, 0.1) is 0 Å². The molecule has 37 heavy (non-hydrogen) atoms. The molecule has 0 radical (unpaired) electrons. The fourth-order valence-corrected chi connectivity index (χ4v) is 4.07. The highest BCUT2D eigenvalue weighted by Gasteiger charge is 2.19. The molecule has 6 nitrogen and oxygen atoms in total. The van der Waals surface area contributed by atoms with Crippen molar-refractivity contribution in [3.8, 4) is 17.2 Å². The Kier molecular flexibility index (Phi) is 6.39. The van der Waals surface area contributed by atoms with Crippen LogP contribution in [0.3, 0.4) is 0 Å². The van der Waals surface area contributed by atoms with E-state index in [-0.39, 0.29) is 35.0 Å². The third-order valence-electron chi connectivity index (χ3n) is 6.03. The maximum absolute atomic E-state index is 12.9. The van der Waals surface area contributed by atoms with Gasteiger partial charge in [0, 0.05) is 6.42 Å². The zero-order valence-corrected chi connectivity index (χ0v) is 19.9.